The van der Waals surface area contributed by atoms with E-state index < -0.39 is 11.0 Å². The summed E-state index contributed by atoms with van der Waals surface area (Å²) in [6.07, 6.45) is 6.26. The molecule has 0 fully saturated rings. The Hall–Kier alpha value is -3.64. The van der Waals surface area contributed by atoms with Crippen molar-refractivity contribution in [3.63, 3.8) is 0 Å². The zero-order chi connectivity index (χ0) is 26.5. The van der Waals surface area contributed by atoms with Crippen LogP contribution in [0.2, 0.25) is 10.0 Å². The minimum Gasteiger partial charge on any atom is -0.345 e. The molecular formula is C24H25Cl2N9O2. The number of halogens is 2. The predicted molar refractivity (Wildman–Crippen MR) is 144 cm³/mol. The summed E-state index contributed by atoms with van der Waals surface area (Å²) in [6, 6.07) is 7.62. The Bertz CT molecular complexity index is 1370. The lowest BCUT2D eigenvalue weighted by Crippen LogP contribution is -2.38. The van der Waals surface area contributed by atoms with Crippen LogP contribution in [-0.2, 0) is 0 Å². The number of H-pyrrole nitrogens is 1. The molecular weight excluding hydrogens is 517 g/mol. The van der Waals surface area contributed by atoms with Crippen LogP contribution >= 0.6 is 23.2 Å². The van der Waals surface area contributed by atoms with Gasteiger partial charge in [0, 0.05) is 54.9 Å². The lowest BCUT2D eigenvalue weighted by molar-refractivity contribution is -0.385. The molecule has 0 aliphatic carbocycles. The maximum Gasteiger partial charge on any atom is 0.287 e. The van der Waals surface area contributed by atoms with Crippen LogP contribution in [0.25, 0.3) is 22.6 Å². The number of aromatic nitrogens is 5. The number of likely N-dealkylation sites (N-methyl/N-ethyl adjacent to an activating group) is 1. The number of imidazole rings is 1. The SMILES string of the molecule is CN(C)CCN(CC(N)c1ccc([N+](=O)[O-])cn1)c1ncc(-c2ncc[nH]2)c(-c2ccc(Cl)cc2Cl)n1. The number of aromatic amines is 1. The molecule has 0 bridgehead atoms. The first-order valence-corrected chi connectivity index (χ1v) is 12.1. The fourth-order valence-corrected chi connectivity index (χ4v) is 4.15. The number of nitrogens with one attached hydrogen (secondary N) is 1. The molecule has 0 saturated carbocycles. The Balaban J connectivity index is 1.73. The summed E-state index contributed by atoms with van der Waals surface area (Å²) in [5.74, 6) is 1.04. The largest absolute Gasteiger partial charge is 0.345 e. The second kappa shape index (κ2) is 11.6. The number of nitro groups is 1. The molecule has 0 aliphatic rings. The number of hydrogen-bond donors (Lipinski definition) is 2. The number of pyridine rings is 1. The summed E-state index contributed by atoms with van der Waals surface area (Å²) < 4.78 is 0. The Labute approximate surface area is 223 Å². The van der Waals surface area contributed by atoms with Gasteiger partial charge in [-0.3, -0.25) is 15.1 Å². The summed E-state index contributed by atoms with van der Waals surface area (Å²) in [6.45, 7) is 1.61. The standard InChI is InChI=1S/C24H25Cl2N9O2/c1-33(2)9-10-34(14-20(27)21-6-4-16(12-30-21)35(36)37)24-31-13-18(23-28-7-8-29-23)22(32-24)17-5-3-15(25)11-19(17)26/h3-8,11-13,20H,9-10,14,27H2,1-2H3,(H,28,29). The van der Waals surface area contributed by atoms with E-state index in [1.165, 1.54) is 12.3 Å². The minimum atomic E-state index is -0.543. The first-order chi connectivity index (χ1) is 17.7. The first-order valence-electron chi connectivity index (χ1n) is 11.3. The van der Waals surface area contributed by atoms with Crippen LogP contribution < -0.4 is 10.6 Å². The van der Waals surface area contributed by atoms with Gasteiger partial charge in [-0.15, -0.1) is 0 Å². The van der Waals surface area contributed by atoms with Crippen LogP contribution in [0.1, 0.15) is 11.7 Å². The van der Waals surface area contributed by atoms with E-state index >= 15 is 0 Å². The fourth-order valence-electron chi connectivity index (χ4n) is 3.65. The molecule has 3 N–H and O–H groups in total. The summed E-state index contributed by atoms with van der Waals surface area (Å²) >= 11 is 12.7. The second-order valence-electron chi connectivity index (χ2n) is 8.55. The molecule has 3 aromatic heterocycles. The smallest absolute Gasteiger partial charge is 0.287 e. The summed E-state index contributed by atoms with van der Waals surface area (Å²) in [5, 5.41) is 11.9. The molecule has 0 saturated heterocycles. The number of hydrogen-bond acceptors (Lipinski definition) is 9. The number of benzene rings is 1. The number of rotatable bonds is 10. The molecule has 1 aromatic carbocycles. The van der Waals surface area contributed by atoms with Crippen molar-refractivity contribution >= 4 is 34.8 Å². The zero-order valence-electron chi connectivity index (χ0n) is 20.2. The molecule has 4 rings (SSSR count). The Morgan fingerprint density at radius 2 is 1.89 bits per heavy atom. The molecule has 0 spiro atoms. The van der Waals surface area contributed by atoms with Crippen molar-refractivity contribution in [1.82, 2.24) is 29.8 Å². The molecule has 3 heterocycles. The monoisotopic (exact) mass is 541 g/mol. The molecule has 0 amide bonds. The zero-order valence-corrected chi connectivity index (χ0v) is 21.7. The van der Waals surface area contributed by atoms with Crippen molar-refractivity contribution in [3.05, 3.63) is 81.0 Å². The van der Waals surface area contributed by atoms with E-state index in [1.54, 1.807) is 42.9 Å². The lowest BCUT2D eigenvalue weighted by Gasteiger charge is -2.27. The van der Waals surface area contributed by atoms with Crippen molar-refractivity contribution in [3.8, 4) is 22.6 Å². The van der Waals surface area contributed by atoms with E-state index in [-0.39, 0.29) is 5.69 Å². The van der Waals surface area contributed by atoms with Crippen LogP contribution in [0, 0.1) is 10.1 Å². The van der Waals surface area contributed by atoms with Gasteiger partial charge < -0.3 is 20.5 Å². The minimum absolute atomic E-state index is 0.0956. The van der Waals surface area contributed by atoms with E-state index in [1.807, 2.05) is 23.9 Å². The summed E-state index contributed by atoms with van der Waals surface area (Å²) in [4.78, 5) is 35.6. The highest BCUT2D eigenvalue weighted by Crippen LogP contribution is 2.35. The van der Waals surface area contributed by atoms with Gasteiger partial charge in [-0.2, -0.15) is 0 Å². The van der Waals surface area contributed by atoms with E-state index in [9.17, 15) is 10.1 Å². The number of nitrogens with two attached hydrogens (primary N) is 1. The Kier molecular flexibility index (Phi) is 8.29. The molecule has 4 aromatic rings. The third-order valence-corrected chi connectivity index (χ3v) is 6.14. The van der Waals surface area contributed by atoms with Gasteiger partial charge in [0.1, 0.15) is 12.0 Å². The molecule has 192 valence electrons. The lowest BCUT2D eigenvalue weighted by atomic mass is 10.1. The third-order valence-electron chi connectivity index (χ3n) is 5.59. The number of nitrogens with zero attached hydrogens (tertiary/aromatic N) is 7. The Morgan fingerprint density at radius 1 is 1.08 bits per heavy atom. The van der Waals surface area contributed by atoms with Gasteiger partial charge in [0.15, 0.2) is 0 Å². The molecule has 13 heteroatoms. The van der Waals surface area contributed by atoms with Gasteiger partial charge in [-0.05, 0) is 38.4 Å². The van der Waals surface area contributed by atoms with Crippen LogP contribution in [0.15, 0.2) is 55.1 Å². The normalized spacial score (nSPS) is 12.1. The topological polar surface area (TPSA) is 143 Å². The first kappa shape index (κ1) is 26.4. The average molecular weight is 542 g/mol. The van der Waals surface area contributed by atoms with Gasteiger partial charge in [-0.25, -0.2) is 15.0 Å². The summed E-state index contributed by atoms with van der Waals surface area (Å²) in [7, 11) is 3.94. The Morgan fingerprint density at radius 3 is 2.51 bits per heavy atom. The van der Waals surface area contributed by atoms with Crippen molar-refractivity contribution in [2.24, 2.45) is 5.73 Å². The highest BCUT2D eigenvalue weighted by atomic mass is 35.5. The van der Waals surface area contributed by atoms with E-state index in [0.717, 1.165) is 0 Å². The van der Waals surface area contributed by atoms with Gasteiger partial charge >= 0.3 is 0 Å². The quantitative estimate of drug-likeness (QED) is 0.222. The molecule has 1 unspecified atom stereocenters. The third kappa shape index (κ3) is 6.38. The van der Waals surface area contributed by atoms with Crippen LogP contribution in [0.3, 0.4) is 0 Å². The molecule has 11 nitrogen and oxygen atoms in total. The summed E-state index contributed by atoms with van der Waals surface area (Å²) in [5.41, 5.74) is 8.83. The highest BCUT2D eigenvalue weighted by Gasteiger charge is 2.21. The highest BCUT2D eigenvalue weighted by molar-refractivity contribution is 6.36. The van der Waals surface area contributed by atoms with Crippen molar-refractivity contribution < 1.29 is 4.92 Å². The molecule has 1 atom stereocenters. The maximum absolute atomic E-state index is 11.0. The maximum atomic E-state index is 11.0. The molecule has 0 aliphatic heterocycles. The van der Waals surface area contributed by atoms with Gasteiger partial charge in [0.05, 0.1) is 32.9 Å². The fraction of sp³-hybridized carbons (Fsp3) is 0.250. The van der Waals surface area contributed by atoms with E-state index in [2.05, 4.69) is 19.9 Å². The van der Waals surface area contributed by atoms with Gasteiger partial charge in [0.25, 0.3) is 5.69 Å². The van der Waals surface area contributed by atoms with Gasteiger partial charge in [-0.1, -0.05) is 23.2 Å². The van der Waals surface area contributed by atoms with E-state index in [4.69, 9.17) is 33.9 Å². The van der Waals surface area contributed by atoms with Crippen molar-refractivity contribution in [1.29, 1.82) is 0 Å². The molecule has 0 radical (unpaired) electrons. The van der Waals surface area contributed by atoms with Crippen LogP contribution in [0.5, 0.6) is 0 Å². The molecule has 37 heavy (non-hydrogen) atoms. The second-order valence-corrected chi connectivity index (χ2v) is 9.39. The number of anilines is 1. The van der Waals surface area contributed by atoms with Crippen molar-refractivity contribution in [2.75, 3.05) is 38.6 Å². The van der Waals surface area contributed by atoms with Crippen LogP contribution in [0.4, 0.5) is 11.6 Å². The predicted octanol–water partition coefficient (Wildman–Crippen LogP) is 4.21. The average Bonchev–Trinajstić information content (AvgIpc) is 3.41. The van der Waals surface area contributed by atoms with Crippen LogP contribution in [-0.4, -0.2) is 68.5 Å². The van der Waals surface area contributed by atoms with Crippen molar-refractivity contribution in [2.45, 2.75) is 6.04 Å². The van der Waals surface area contributed by atoms with E-state index in [0.29, 0.717) is 64.0 Å². The van der Waals surface area contributed by atoms with Gasteiger partial charge in [0.2, 0.25) is 5.95 Å².